The van der Waals surface area contributed by atoms with Crippen molar-refractivity contribution in [3.8, 4) is 0 Å². The highest BCUT2D eigenvalue weighted by Crippen LogP contribution is 2.21. The third-order valence-electron chi connectivity index (χ3n) is 3.36. The zero-order valence-electron chi connectivity index (χ0n) is 11.7. The monoisotopic (exact) mass is 290 g/mol. The second-order valence-corrected chi connectivity index (χ2v) is 5.04. The van der Waals surface area contributed by atoms with E-state index in [1.165, 1.54) is 0 Å². The first kappa shape index (κ1) is 19.2. The molecular formula is C14H26O6. The summed E-state index contributed by atoms with van der Waals surface area (Å²) in [5.74, 6) is 0. The van der Waals surface area contributed by atoms with Crippen molar-refractivity contribution in [1.82, 2.24) is 0 Å². The first-order valence-corrected chi connectivity index (χ1v) is 6.87. The van der Waals surface area contributed by atoms with E-state index in [9.17, 15) is 25.2 Å². The standard InChI is InChI=1S/C14H26O6/c1-2-3-4-5-6-7-8-14(20,10-16)13(19)12(18)11(17)9-15/h2,10-13,15,17-20H,1,3-9H2/t11-,12-,13+,14+/m1/s1. The molecule has 0 saturated carbocycles. The highest BCUT2D eigenvalue weighted by Gasteiger charge is 2.41. The zero-order valence-corrected chi connectivity index (χ0v) is 11.7. The maximum absolute atomic E-state index is 11.0. The second kappa shape index (κ2) is 10.0. The summed E-state index contributed by atoms with van der Waals surface area (Å²) < 4.78 is 0. The molecule has 118 valence electrons. The molecule has 5 N–H and O–H groups in total. The van der Waals surface area contributed by atoms with E-state index < -0.39 is 30.5 Å². The van der Waals surface area contributed by atoms with Crippen molar-refractivity contribution in [3.63, 3.8) is 0 Å². The largest absolute Gasteiger partial charge is 0.394 e. The van der Waals surface area contributed by atoms with Crippen LogP contribution in [0.4, 0.5) is 0 Å². The van der Waals surface area contributed by atoms with Gasteiger partial charge in [-0.2, -0.15) is 0 Å². The van der Waals surface area contributed by atoms with Crippen LogP contribution in [-0.4, -0.2) is 62.3 Å². The molecule has 0 aromatic rings. The molecule has 0 heterocycles. The van der Waals surface area contributed by atoms with Crippen LogP contribution in [0, 0.1) is 0 Å². The van der Waals surface area contributed by atoms with Crippen molar-refractivity contribution in [1.29, 1.82) is 0 Å². The number of allylic oxidation sites excluding steroid dienone is 1. The number of carbonyl (C=O) groups is 1. The molecule has 6 nitrogen and oxygen atoms in total. The third kappa shape index (κ3) is 6.11. The summed E-state index contributed by atoms with van der Waals surface area (Å²) in [5.41, 5.74) is -2.12. The number of aliphatic hydroxyl groups excluding tert-OH is 4. The van der Waals surface area contributed by atoms with E-state index in [2.05, 4.69) is 6.58 Å². The van der Waals surface area contributed by atoms with E-state index in [4.69, 9.17) is 5.11 Å². The summed E-state index contributed by atoms with van der Waals surface area (Å²) in [7, 11) is 0. The molecule has 20 heavy (non-hydrogen) atoms. The lowest BCUT2D eigenvalue weighted by molar-refractivity contribution is -0.166. The number of rotatable bonds is 12. The zero-order chi connectivity index (χ0) is 15.6. The van der Waals surface area contributed by atoms with E-state index in [-0.39, 0.29) is 12.7 Å². The Kier molecular flexibility index (Phi) is 9.62. The van der Waals surface area contributed by atoms with E-state index in [1.54, 1.807) is 0 Å². The van der Waals surface area contributed by atoms with E-state index >= 15 is 0 Å². The van der Waals surface area contributed by atoms with Gasteiger partial charge in [-0.05, 0) is 19.3 Å². The molecule has 4 atom stereocenters. The van der Waals surface area contributed by atoms with Crippen molar-refractivity contribution < 1.29 is 30.3 Å². The average Bonchev–Trinajstić information content (AvgIpc) is 2.48. The number of aldehydes is 1. The van der Waals surface area contributed by atoms with Crippen LogP contribution < -0.4 is 0 Å². The minimum Gasteiger partial charge on any atom is -0.394 e. The molecule has 0 unspecified atom stereocenters. The quantitative estimate of drug-likeness (QED) is 0.188. The van der Waals surface area contributed by atoms with Crippen LogP contribution in [0.5, 0.6) is 0 Å². The molecule has 0 fully saturated rings. The molecule has 0 saturated heterocycles. The van der Waals surface area contributed by atoms with E-state index in [0.717, 1.165) is 25.7 Å². The van der Waals surface area contributed by atoms with Crippen molar-refractivity contribution >= 4 is 6.29 Å². The fourth-order valence-corrected chi connectivity index (χ4v) is 1.94. The van der Waals surface area contributed by atoms with Crippen LogP contribution in [0.1, 0.15) is 38.5 Å². The van der Waals surface area contributed by atoms with Crippen molar-refractivity contribution in [2.45, 2.75) is 62.4 Å². The molecule has 6 heteroatoms. The lowest BCUT2D eigenvalue weighted by atomic mass is 9.86. The molecule has 0 aromatic carbocycles. The van der Waals surface area contributed by atoms with Crippen molar-refractivity contribution in [2.24, 2.45) is 0 Å². The van der Waals surface area contributed by atoms with Crippen LogP contribution in [0.3, 0.4) is 0 Å². The van der Waals surface area contributed by atoms with Gasteiger partial charge in [-0.3, -0.25) is 0 Å². The topological polar surface area (TPSA) is 118 Å². The van der Waals surface area contributed by atoms with Gasteiger partial charge >= 0.3 is 0 Å². The normalized spacial score (nSPS) is 18.9. The molecule has 0 radical (unpaired) electrons. The predicted molar refractivity (Wildman–Crippen MR) is 74.0 cm³/mol. The minimum absolute atomic E-state index is 0.0129. The Morgan fingerprint density at radius 2 is 1.70 bits per heavy atom. The molecule has 0 rings (SSSR count). The molecule has 0 spiro atoms. The second-order valence-electron chi connectivity index (χ2n) is 5.04. The Morgan fingerprint density at radius 1 is 1.10 bits per heavy atom. The van der Waals surface area contributed by atoms with Gasteiger partial charge in [0, 0.05) is 0 Å². The first-order valence-electron chi connectivity index (χ1n) is 6.87. The molecule has 0 aliphatic carbocycles. The summed E-state index contributed by atoms with van der Waals surface area (Å²) in [6, 6.07) is 0. The van der Waals surface area contributed by atoms with Gasteiger partial charge in [0.2, 0.25) is 0 Å². The van der Waals surface area contributed by atoms with E-state index in [0.29, 0.717) is 6.42 Å². The summed E-state index contributed by atoms with van der Waals surface area (Å²) in [5, 5.41) is 47.2. The number of hydrogen-bond donors (Lipinski definition) is 5. The van der Waals surface area contributed by atoms with Gasteiger partial charge in [0.15, 0.2) is 6.29 Å². The maximum atomic E-state index is 11.0. The van der Waals surface area contributed by atoms with E-state index in [1.807, 2.05) is 6.08 Å². The Balaban J connectivity index is 4.30. The fraction of sp³-hybridized carbons (Fsp3) is 0.786. The summed E-state index contributed by atoms with van der Waals surface area (Å²) in [4.78, 5) is 11.0. The highest BCUT2D eigenvalue weighted by molar-refractivity contribution is 5.63. The molecule has 0 aromatic heterocycles. The van der Waals surface area contributed by atoms with Crippen LogP contribution in [0.2, 0.25) is 0 Å². The van der Waals surface area contributed by atoms with Crippen LogP contribution in [0.25, 0.3) is 0 Å². The molecule has 0 bridgehead atoms. The van der Waals surface area contributed by atoms with Crippen molar-refractivity contribution in [2.75, 3.05) is 6.61 Å². The lowest BCUT2D eigenvalue weighted by Gasteiger charge is -2.32. The first-order chi connectivity index (χ1) is 9.42. The van der Waals surface area contributed by atoms with Gasteiger partial charge in [-0.25, -0.2) is 0 Å². The average molecular weight is 290 g/mol. The summed E-state index contributed by atoms with van der Waals surface area (Å²) in [6.45, 7) is 2.84. The Bertz CT molecular complexity index is 283. The Hall–Kier alpha value is -0.790. The van der Waals surface area contributed by atoms with Gasteiger partial charge < -0.3 is 30.3 Å². The fourth-order valence-electron chi connectivity index (χ4n) is 1.94. The maximum Gasteiger partial charge on any atom is 0.154 e. The lowest BCUT2D eigenvalue weighted by Crippen LogP contribution is -2.54. The highest BCUT2D eigenvalue weighted by atomic mass is 16.4. The number of hydrogen-bond acceptors (Lipinski definition) is 6. The molecule has 0 aliphatic rings. The van der Waals surface area contributed by atoms with Gasteiger partial charge in [0.25, 0.3) is 0 Å². The molecule has 0 amide bonds. The van der Waals surface area contributed by atoms with Gasteiger partial charge in [0.1, 0.15) is 23.9 Å². The van der Waals surface area contributed by atoms with Gasteiger partial charge in [-0.1, -0.05) is 25.3 Å². The van der Waals surface area contributed by atoms with Gasteiger partial charge in [0.05, 0.1) is 6.61 Å². The molecular weight excluding hydrogens is 264 g/mol. The summed E-state index contributed by atoms with van der Waals surface area (Å²) in [6.07, 6.45) is 0.822. The van der Waals surface area contributed by atoms with Crippen LogP contribution in [0.15, 0.2) is 12.7 Å². The predicted octanol–water partition coefficient (Wildman–Crippen LogP) is -0.482. The van der Waals surface area contributed by atoms with Crippen LogP contribution in [-0.2, 0) is 4.79 Å². The summed E-state index contributed by atoms with van der Waals surface area (Å²) >= 11 is 0. The SMILES string of the molecule is C=CCCCCCC[C@](O)(C=O)[C@@H](O)[C@H](O)[C@H](O)CO. The Labute approximate surface area is 119 Å². The van der Waals surface area contributed by atoms with Gasteiger partial charge in [-0.15, -0.1) is 6.58 Å². The number of unbranched alkanes of at least 4 members (excludes halogenated alkanes) is 4. The number of carbonyl (C=O) groups excluding carboxylic acids is 1. The Morgan fingerprint density at radius 3 is 2.20 bits per heavy atom. The minimum atomic E-state index is -2.12. The van der Waals surface area contributed by atoms with Crippen LogP contribution >= 0.6 is 0 Å². The molecule has 0 aliphatic heterocycles. The third-order valence-corrected chi connectivity index (χ3v) is 3.36. The number of aliphatic hydroxyl groups is 5. The smallest absolute Gasteiger partial charge is 0.154 e. The van der Waals surface area contributed by atoms with Crippen molar-refractivity contribution in [3.05, 3.63) is 12.7 Å².